The summed E-state index contributed by atoms with van der Waals surface area (Å²) in [6.07, 6.45) is 1.53. The van der Waals surface area contributed by atoms with Crippen LogP contribution in [-0.4, -0.2) is 30.1 Å². The van der Waals surface area contributed by atoms with Crippen LogP contribution in [0, 0.1) is 0 Å². The Labute approximate surface area is 248 Å². The van der Waals surface area contributed by atoms with Gasteiger partial charge in [0.05, 0.1) is 12.4 Å². The van der Waals surface area contributed by atoms with Crippen LogP contribution in [0.5, 0.6) is 5.75 Å². The van der Waals surface area contributed by atoms with Gasteiger partial charge in [0.2, 0.25) is 5.91 Å². The maximum absolute atomic E-state index is 13.3. The van der Waals surface area contributed by atoms with Gasteiger partial charge in [0.15, 0.2) is 0 Å². The number of benzene rings is 4. The first-order valence-corrected chi connectivity index (χ1v) is 14.2. The third-order valence-corrected chi connectivity index (χ3v) is 6.98. The van der Waals surface area contributed by atoms with Crippen LogP contribution in [0.4, 0.5) is 11.4 Å². The van der Waals surface area contributed by atoms with Crippen LogP contribution in [0.1, 0.15) is 22.8 Å². The fourth-order valence-electron chi connectivity index (χ4n) is 3.70. The molecule has 3 amide bonds. The smallest absolute Gasteiger partial charge is 0.272 e. The van der Waals surface area contributed by atoms with E-state index in [0.29, 0.717) is 34.1 Å². The molecule has 208 valence electrons. The SMILES string of the molecule is CCOc1ccc(NC(=O)CSc2cccc(NC(=O)/C(=C\c3ccccc3Cl)NC(=O)c3ccccc3)c2)cc1. The number of rotatable bonds is 11. The average molecular weight is 586 g/mol. The van der Waals surface area contributed by atoms with Crippen LogP contribution in [-0.2, 0) is 9.59 Å². The molecule has 3 N–H and O–H groups in total. The van der Waals surface area contributed by atoms with Crippen molar-refractivity contribution in [1.29, 1.82) is 0 Å². The minimum Gasteiger partial charge on any atom is -0.494 e. The number of hydrogen-bond donors (Lipinski definition) is 3. The van der Waals surface area contributed by atoms with Crippen LogP contribution >= 0.6 is 23.4 Å². The first-order valence-electron chi connectivity index (χ1n) is 12.8. The summed E-state index contributed by atoms with van der Waals surface area (Å²) < 4.78 is 5.42. The lowest BCUT2D eigenvalue weighted by Gasteiger charge is -2.12. The highest BCUT2D eigenvalue weighted by molar-refractivity contribution is 8.00. The van der Waals surface area contributed by atoms with Crippen molar-refractivity contribution in [3.63, 3.8) is 0 Å². The van der Waals surface area contributed by atoms with E-state index >= 15 is 0 Å². The fourth-order valence-corrected chi connectivity index (χ4v) is 4.64. The topological polar surface area (TPSA) is 96.5 Å². The highest BCUT2D eigenvalue weighted by Gasteiger charge is 2.16. The van der Waals surface area contributed by atoms with Crippen molar-refractivity contribution >= 4 is 58.5 Å². The van der Waals surface area contributed by atoms with Gasteiger partial charge in [0.25, 0.3) is 11.8 Å². The van der Waals surface area contributed by atoms with Crippen LogP contribution in [0.2, 0.25) is 5.02 Å². The van der Waals surface area contributed by atoms with Crippen molar-refractivity contribution in [2.24, 2.45) is 0 Å². The van der Waals surface area contributed by atoms with E-state index in [9.17, 15) is 14.4 Å². The molecule has 4 aromatic carbocycles. The van der Waals surface area contributed by atoms with Gasteiger partial charge in [-0.15, -0.1) is 11.8 Å². The molecule has 41 heavy (non-hydrogen) atoms. The predicted molar refractivity (Wildman–Crippen MR) is 165 cm³/mol. The van der Waals surface area contributed by atoms with Gasteiger partial charge in [0, 0.05) is 26.9 Å². The summed E-state index contributed by atoms with van der Waals surface area (Å²) in [5.74, 6) is -0.202. The van der Waals surface area contributed by atoms with Crippen molar-refractivity contribution < 1.29 is 19.1 Å². The summed E-state index contributed by atoms with van der Waals surface area (Å²) in [4.78, 5) is 39.4. The molecular formula is C32H28ClN3O4S. The maximum Gasteiger partial charge on any atom is 0.272 e. The Bertz CT molecular complexity index is 1540. The second-order valence-electron chi connectivity index (χ2n) is 8.68. The zero-order valence-corrected chi connectivity index (χ0v) is 23.8. The lowest BCUT2D eigenvalue weighted by atomic mass is 10.1. The maximum atomic E-state index is 13.3. The highest BCUT2D eigenvalue weighted by atomic mass is 35.5. The Morgan fingerprint density at radius 1 is 0.829 bits per heavy atom. The molecule has 0 unspecified atom stereocenters. The van der Waals surface area contributed by atoms with Crippen molar-refractivity contribution in [3.8, 4) is 5.75 Å². The molecular weight excluding hydrogens is 558 g/mol. The van der Waals surface area contributed by atoms with Crippen molar-refractivity contribution in [2.45, 2.75) is 11.8 Å². The Morgan fingerprint density at radius 2 is 1.56 bits per heavy atom. The Hall–Kier alpha value is -4.53. The average Bonchev–Trinajstić information content (AvgIpc) is 2.98. The van der Waals surface area contributed by atoms with Crippen LogP contribution in [0.25, 0.3) is 6.08 Å². The van der Waals surface area contributed by atoms with Crippen LogP contribution < -0.4 is 20.7 Å². The summed E-state index contributed by atoms with van der Waals surface area (Å²) in [5, 5.41) is 8.83. The summed E-state index contributed by atoms with van der Waals surface area (Å²) in [5.41, 5.74) is 2.20. The fraction of sp³-hybridized carbons (Fsp3) is 0.0938. The minimum absolute atomic E-state index is 0.0275. The molecule has 0 saturated carbocycles. The van der Waals surface area contributed by atoms with Gasteiger partial charge in [-0.1, -0.05) is 54.1 Å². The Kier molecular flexibility index (Phi) is 10.6. The molecule has 4 rings (SSSR count). The zero-order chi connectivity index (χ0) is 29.0. The van der Waals surface area contributed by atoms with Crippen LogP contribution in [0.15, 0.2) is 114 Å². The van der Waals surface area contributed by atoms with Crippen molar-refractivity contribution in [3.05, 3.63) is 125 Å². The summed E-state index contributed by atoms with van der Waals surface area (Å²) in [7, 11) is 0. The molecule has 0 spiro atoms. The van der Waals surface area contributed by atoms with E-state index in [2.05, 4.69) is 16.0 Å². The third-order valence-electron chi connectivity index (χ3n) is 5.64. The van der Waals surface area contributed by atoms with Gasteiger partial charge in [-0.05, 0) is 79.2 Å². The number of anilines is 2. The van der Waals surface area contributed by atoms with Gasteiger partial charge in [-0.2, -0.15) is 0 Å². The Morgan fingerprint density at radius 3 is 2.29 bits per heavy atom. The molecule has 0 aliphatic carbocycles. The number of amides is 3. The van der Waals surface area contributed by atoms with Gasteiger partial charge in [0.1, 0.15) is 11.4 Å². The number of thioether (sulfide) groups is 1. The first kappa shape index (κ1) is 29.5. The third kappa shape index (κ3) is 8.99. The lowest BCUT2D eigenvalue weighted by molar-refractivity contribution is -0.114. The molecule has 9 heteroatoms. The molecule has 0 saturated heterocycles. The number of nitrogens with one attached hydrogen (secondary N) is 3. The lowest BCUT2D eigenvalue weighted by Crippen LogP contribution is -2.30. The molecule has 0 fully saturated rings. The standard InChI is InChI=1S/C32H28ClN3O4S/c1-2-40-26-17-15-24(16-18-26)34-30(37)21-41-27-13-8-12-25(20-27)35-32(39)29(19-23-11-6-7-14-28(23)33)36-31(38)22-9-4-3-5-10-22/h3-20H,2,21H2,1H3,(H,34,37)(H,35,39)(H,36,38)/b29-19+. The number of halogens is 1. The molecule has 0 heterocycles. The summed E-state index contributed by atoms with van der Waals surface area (Å²) in [6.45, 7) is 2.48. The van der Waals surface area contributed by atoms with E-state index in [0.717, 1.165) is 10.6 Å². The second-order valence-corrected chi connectivity index (χ2v) is 10.1. The number of carbonyl (C=O) groups excluding carboxylic acids is 3. The van der Waals surface area contributed by atoms with E-state index in [4.69, 9.17) is 16.3 Å². The monoisotopic (exact) mass is 585 g/mol. The van der Waals surface area contributed by atoms with Gasteiger partial charge in [-0.25, -0.2) is 0 Å². The van der Waals surface area contributed by atoms with E-state index in [1.165, 1.54) is 17.8 Å². The molecule has 0 aliphatic heterocycles. The highest BCUT2D eigenvalue weighted by Crippen LogP contribution is 2.24. The molecule has 7 nitrogen and oxygen atoms in total. The van der Waals surface area contributed by atoms with E-state index < -0.39 is 11.8 Å². The van der Waals surface area contributed by atoms with E-state index in [1.807, 2.05) is 13.0 Å². The first-order chi connectivity index (χ1) is 19.9. The second kappa shape index (κ2) is 14.7. The quantitative estimate of drug-likeness (QED) is 0.132. The zero-order valence-electron chi connectivity index (χ0n) is 22.2. The summed E-state index contributed by atoms with van der Waals surface area (Å²) in [6, 6.07) is 29.9. The minimum atomic E-state index is -0.524. The van der Waals surface area contributed by atoms with Gasteiger partial charge >= 0.3 is 0 Å². The Balaban J connectivity index is 1.42. The number of ether oxygens (including phenoxy) is 1. The van der Waals surface area contributed by atoms with E-state index in [1.54, 1.807) is 97.1 Å². The predicted octanol–water partition coefficient (Wildman–Crippen LogP) is 6.88. The number of hydrogen-bond acceptors (Lipinski definition) is 5. The molecule has 4 aromatic rings. The normalized spacial score (nSPS) is 10.9. The van der Waals surface area contributed by atoms with Crippen molar-refractivity contribution in [1.82, 2.24) is 5.32 Å². The molecule has 0 aromatic heterocycles. The summed E-state index contributed by atoms with van der Waals surface area (Å²) >= 11 is 7.64. The van der Waals surface area contributed by atoms with Gasteiger partial charge in [-0.3, -0.25) is 14.4 Å². The van der Waals surface area contributed by atoms with Crippen LogP contribution in [0.3, 0.4) is 0 Å². The van der Waals surface area contributed by atoms with Crippen molar-refractivity contribution in [2.75, 3.05) is 23.0 Å². The molecule has 0 aliphatic rings. The largest absolute Gasteiger partial charge is 0.494 e. The number of carbonyl (C=O) groups is 3. The molecule has 0 radical (unpaired) electrons. The van der Waals surface area contributed by atoms with Gasteiger partial charge < -0.3 is 20.7 Å². The molecule has 0 atom stereocenters. The van der Waals surface area contributed by atoms with E-state index in [-0.39, 0.29) is 17.4 Å². The molecule has 0 bridgehead atoms.